The summed E-state index contributed by atoms with van der Waals surface area (Å²) in [6.07, 6.45) is 0.267. The molecule has 1 aliphatic carbocycles. The molecule has 12 heteroatoms. The first kappa shape index (κ1) is 29.1. The van der Waals surface area contributed by atoms with Crippen LogP contribution in [0, 0.1) is 17.8 Å². The maximum absolute atomic E-state index is 13.6. The summed E-state index contributed by atoms with van der Waals surface area (Å²) < 4.78 is 87.9. The second-order valence-corrected chi connectivity index (χ2v) is 10.2. The van der Waals surface area contributed by atoms with Crippen LogP contribution in [0.25, 0.3) is 0 Å². The van der Waals surface area contributed by atoms with Gasteiger partial charge in [-0.25, -0.2) is 0 Å². The number of rotatable bonds is 13. The Morgan fingerprint density at radius 3 is 1.91 bits per heavy atom. The normalized spacial score (nSPS) is 23.0. The van der Waals surface area contributed by atoms with Crippen molar-refractivity contribution in [1.82, 2.24) is 0 Å². The van der Waals surface area contributed by atoms with Crippen molar-refractivity contribution in [3.63, 3.8) is 0 Å². The maximum Gasteiger partial charge on any atom is 0.431 e. The van der Waals surface area contributed by atoms with Crippen molar-refractivity contribution in [3.8, 4) is 0 Å². The SMILES string of the molecule is CCC(O)(CC)CC1CC(C(=O)OCCC(F)(F)C(F)(F)S(=O)(=O)O)C1C(O)(CC)CC. The van der Waals surface area contributed by atoms with Crippen LogP contribution in [0.2, 0.25) is 0 Å². The molecular weight excluding hydrogens is 460 g/mol. The van der Waals surface area contributed by atoms with Gasteiger partial charge in [0.25, 0.3) is 0 Å². The van der Waals surface area contributed by atoms with Gasteiger partial charge in [-0.15, -0.1) is 0 Å². The molecule has 7 nitrogen and oxygen atoms in total. The minimum Gasteiger partial charge on any atom is -0.465 e. The average Bonchev–Trinajstić information content (AvgIpc) is 2.69. The predicted molar refractivity (Wildman–Crippen MR) is 108 cm³/mol. The second-order valence-electron chi connectivity index (χ2n) is 8.69. The molecule has 3 N–H and O–H groups in total. The fourth-order valence-corrected chi connectivity index (χ4v) is 4.97. The van der Waals surface area contributed by atoms with E-state index in [0.717, 1.165) is 0 Å². The number of carbonyl (C=O) groups is 1. The van der Waals surface area contributed by atoms with Crippen LogP contribution in [-0.4, -0.2) is 58.1 Å². The number of hydrogen-bond acceptors (Lipinski definition) is 6. The number of ether oxygens (including phenoxy) is 1. The van der Waals surface area contributed by atoms with Gasteiger partial charge >= 0.3 is 27.3 Å². The maximum atomic E-state index is 13.6. The van der Waals surface area contributed by atoms with E-state index in [1.165, 1.54) is 0 Å². The smallest absolute Gasteiger partial charge is 0.431 e. The Balaban J connectivity index is 2.91. The molecule has 1 aliphatic rings. The minimum absolute atomic E-state index is 0.228. The molecule has 3 unspecified atom stereocenters. The molecule has 190 valence electrons. The van der Waals surface area contributed by atoms with Crippen molar-refractivity contribution < 1.29 is 50.3 Å². The third-order valence-corrected chi connectivity index (χ3v) is 7.96. The molecule has 0 bridgehead atoms. The zero-order chi connectivity index (χ0) is 25.2. The largest absolute Gasteiger partial charge is 0.465 e. The predicted octanol–water partition coefficient (Wildman–Crippen LogP) is 3.78. The first-order chi connectivity index (χ1) is 14.4. The summed E-state index contributed by atoms with van der Waals surface area (Å²) in [5.74, 6) is -7.84. The van der Waals surface area contributed by atoms with Crippen molar-refractivity contribution in [2.75, 3.05) is 6.61 Å². The van der Waals surface area contributed by atoms with Gasteiger partial charge in [0.2, 0.25) is 0 Å². The Kier molecular flexibility index (Phi) is 9.17. The van der Waals surface area contributed by atoms with Gasteiger partial charge in [-0.1, -0.05) is 27.7 Å². The molecule has 0 aromatic heterocycles. The van der Waals surface area contributed by atoms with Crippen molar-refractivity contribution in [2.45, 2.75) is 95.0 Å². The van der Waals surface area contributed by atoms with E-state index in [4.69, 9.17) is 9.29 Å². The fraction of sp³-hybridized carbons (Fsp3) is 0.950. The summed E-state index contributed by atoms with van der Waals surface area (Å²) in [4.78, 5) is 12.5. The van der Waals surface area contributed by atoms with E-state index in [1.807, 2.05) is 13.8 Å². The molecule has 1 saturated carbocycles. The van der Waals surface area contributed by atoms with Gasteiger partial charge < -0.3 is 14.9 Å². The highest BCUT2D eigenvalue weighted by atomic mass is 32.2. The molecule has 0 saturated heterocycles. The third kappa shape index (κ3) is 5.74. The van der Waals surface area contributed by atoms with E-state index in [1.54, 1.807) is 13.8 Å². The molecule has 0 heterocycles. The molecule has 0 radical (unpaired) electrons. The van der Waals surface area contributed by atoms with Gasteiger partial charge in [-0.05, 0) is 44.4 Å². The van der Waals surface area contributed by atoms with Gasteiger partial charge in [-0.3, -0.25) is 9.35 Å². The van der Waals surface area contributed by atoms with Crippen LogP contribution in [-0.2, 0) is 19.6 Å². The third-order valence-electron chi connectivity index (χ3n) is 7.01. The van der Waals surface area contributed by atoms with Gasteiger partial charge in [-0.2, -0.15) is 26.0 Å². The lowest BCUT2D eigenvalue weighted by Gasteiger charge is -2.53. The van der Waals surface area contributed by atoms with Crippen LogP contribution >= 0.6 is 0 Å². The Morgan fingerprint density at radius 2 is 1.50 bits per heavy atom. The van der Waals surface area contributed by atoms with Gasteiger partial charge in [0.15, 0.2) is 0 Å². The van der Waals surface area contributed by atoms with Gasteiger partial charge in [0.1, 0.15) is 0 Å². The molecule has 1 rings (SSSR count). The summed E-state index contributed by atoms with van der Waals surface area (Å²) in [6.45, 7) is 5.89. The van der Waals surface area contributed by atoms with E-state index >= 15 is 0 Å². The summed E-state index contributed by atoms with van der Waals surface area (Å²) in [7, 11) is -6.37. The van der Waals surface area contributed by atoms with Crippen LogP contribution in [0.15, 0.2) is 0 Å². The first-order valence-corrected chi connectivity index (χ1v) is 12.2. The fourth-order valence-electron chi connectivity index (χ4n) is 4.49. The molecule has 3 atom stereocenters. The zero-order valence-electron chi connectivity index (χ0n) is 18.8. The van der Waals surface area contributed by atoms with E-state index < -0.39 is 63.3 Å². The number of carbonyl (C=O) groups excluding carboxylic acids is 1. The monoisotopic (exact) mass is 494 g/mol. The Bertz CT molecular complexity index is 749. The standard InChI is InChI=1S/C20H34F4O7S/c1-5-17(26,6-2)12-13-11-14(15(13)18(27,7-3)8-4)16(25)31-10-9-19(21,22)20(23,24)32(28,29)30/h13-15,26-27H,5-12H2,1-4H3,(H,28,29,30). The minimum atomic E-state index is -6.37. The number of halogens is 4. The number of esters is 1. The Morgan fingerprint density at radius 1 is 1.00 bits per heavy atom. The lowest BCUT2D eigenvalue weighted by molar-refractivity contribution is -0.191. The molecule has 0 aliphatic heterocycles. The molecule has 0 amide bonds. The number of alkyl halides is 4. The molecule has 32 heavy (non-hydrogen) atoms. The number of aliphatic hydroxyl groups is 2. The lowest BCUT2D eigenvalue weighted by Crippen LogP contribution is -2.57. The van der Waals surface area contributed by atoms with Crippen molar-refractivity contribution in [2.24, 2.45) is 17.8 Å². The lowest BCUT2D eigenvalue weighted by atomic mass is 9.54. The average molecular weight is 495 g/mol. The summed E-state index contributed by atoms with van der Waals surface area (Å²) in [5.41, 5.74) is -2.25. The highest BCUT2D eigenvalue weighted by Gasteiger charge is 2.65. The van der Waals surface area contributed by atoms with E-state index in [-0.39, 0.29) is 12.3 Å². The topological polar surface area (TPSA) is 121 Å². The second kappa shape index (κ2) is 10.1. The summed E-state index contributed by atoms with van der Waals surface area (Å²) >= 11 is 0. The van der Waals surface area contributed by atoms with Crippen LogP contribution < -0.4 is 0 Å². The van der Waals surface area contributed by atoms with Crippen molar-refractivity contribution in [1.29, 1.82) is 0 Å². The van der Waals surface area contributed by atoms with Gasteiger partial charge in [0, 0.05) is 5.92 Å². The van der Waals surface area contributed by atoms with Crippen LogP contribution in [0.1, 0.15) is 72.6 Å². The van der Waals surface area contributed by atoms with E-state index in [9.17, 15) is 41.0 Å². The summed E-state index contributed by atoms with van der Waals surface area (Å²) in [5, 5.41) is 16.0. The van der Waals surface area contributed by atoms with Crippen LogP contribution in [0.5, 0.6) is 0 Å². The Hall–Kier alpha value is -0.980. The molecular formula is C20H34F4O7S. The highest BCUT2D eigenvalue weighted by molar-refractivity contribution is 7.87. The molecule has 0 spiro atoms. The van der Waals surface area contributed by atoms with E-state index in [0.29, 0.717) is 32.1 Å². The molecule has 1 fully saturated rings. The Labute approximate surface area is 186 Å². The summed E-state index contributed by atoms with van der Waals surface area (Å²) in [6, 6.07) is 0. The highest BCUT2D eigenvalue weighted by Crippen LogP contribution is 2.53. The molecule has 0 aromatic rings. The zero-order valence-corrected chi connectivity index (χ0v) is 19.6. The molecule has 0 aromatic carbocycles. The quantitative estimate of drug-likeness (QED) is 0.202. The van der Waals surface area contributed by atoms with Gasteiger partial charge in [0.05, 0.1) is 30.1 Å². The number of hydrogen-bond donors (Lipinski definition) is 3. The first-order valence-electron chi connectivity index (χ1n) is 10.8. The van der Waals surface area contributed by atoms with Crippen LogP contribution in [0.3, 0.4) is 0 Å². The van der Waals surface area contributed by atoms with Crippen LogP contribution in [0.4, 0.5) is 17.6 Å². The van der Waals surface area contributed by atoms with Crippen molar-refractivity contribution >= 4 is 16.1 Å². The van der Waals surface area contributed by atoms with E-state index in [2.05, 4.69) is 0 Å². The van der Waals surface area contributed by atoms with Crippen molar-refractivity contribution in [3.05, 3.63) is 0 Å².